The van der Waals surface area contributed by atoms with Crippen LogP contribution in [0.4, 0.5) is 0 Å². The number of pyridine rings is 1. The topological polar surface area (TPSA) is 45.7 Å². The van der Waals surface area contributed by atoms with Crippen LogP contribution >= 0.6 is 0 Å². The highest BCUT2D eigenvalue weighted by molar-refractivity contribution is 5.73. The smallest absolute Gasteiger partial charge is 0.219 e. The first-order valence-corrected chi connectivity index (χ1v) is 7.05. The Morgan fingerprint density at radius 3 is 2.90 bits per heavy atom. The third kappa shape index (κ3) is 4.28. The van der Waals surface area contributed by atoms with Gasteiger partial charge in [-0.3, -0.25) is 14.7 Å². The minimum absolute atomic E-state index is 0.144. The van der Waals surface area contributed by atoms with Crippen molar-refractivity contribution in [1.82, 2.24) is 14.8 Å². The second-order valence-electron chi connectivity index (χ2n) is 5.34. The molecule has 0 N–H and O–H groups in total. The molecule has 0 saturated carbocycles. The number of hydrogen-bond donors (Lipinski definition) is 0. The number of carbonyl (C=O) groups excluding carboxylic acids is 1. The maximum Gasteiger partial charge on any atom is 0.219 e. The molecule has 110 valence electrons. The molecule has 1 amide bonds. The molecule has 20 heavy (non-hydrogen) atoms. The lowest BCUT2D eigenvalue weighted by atomic mass is 10.1. The molecule has 0 radical (unpaired) electrons. The van der Waals surface area contributed by atoms with Gasteiger partial charge in [-0.2, -0.15) is 0 Å². The molecule has 1 aromatic heterocycles. The van der Waals surface area contributed by atoms with Crippen LogP contribution in [-0.2, 0) is 16.1 Å². The van der Waals surface area contributed by atoms with E-state index in [2.05, 4.69) is 9.88 Å². The van der Waals surface area contributed by atoms with Crippen LogP contribution in [0.3, 0.4) is 0 Å². The SMILES string of the molecule is COCC1CN(Cc2ccccn2)CCN(C(C)=O)C1. The highest BCUT2D eigenvalue weighted by Crippen LogP contribution is 2.13. The lowest BCUT2D eigenvalue weighted by Gasteiger charge is -2.23. The van der Waals surface area contributed by atoms with Gasteiger partial charge in [-0.15, -0.1) is 0 Å². The van der Waals surface area contributed by atoms with Gasteiger partial charge < -0.3 is 9.64 Å². The molecule has 0 spiro atoms. The molecule has 0 bridgehead atoms. The predicted octanol–water partition coefficient (Wildman–Crippen LogP) is 1.01. The van der Waals surface area contributed by atoms with E-state index >= 15 is 0 Å². The molecule has 5 nitrogen and oxygen atoms in total. The van der Waals surface area contributed by atoms with Gasteiger partial charge in [-0.05, 0) is 12.1 Å². The highest BCUT2D eigenvalue weighted by Gasteiger charge is 2.24. The maximum absolute atomic E-state index is 11.6. The van der Waals surface area contributed by atoms with E-state index in [-0.39, 0.29) is 5.91 Å². The number of nitrogens with zero attached hydrogens (tertiary/aromatic N) is 3. The Labute approximate surface area is 120 Å². The first kappa shape index (κ1) is 14.9. The molecule has 1 saturated heterocycles. The zero-order chi connectivity index (χ0) is 14.4. The van der Waals surface area contributed by atoms with E-state index in [0.717, 1.165) is 38.4 Å². The van der Waals surface area contributed by atoms with Crippen molar-refractivity contribution in [3.63, 3.8) is 0 Å². The summed E-state index contributed by atoms with van der Waals surface area (Å²) in [4.78, 5) is 20.3. The van der Waals surface area contributed by atoms with Crippen LogP contribution in [0.15, 0.2) is 24.4 Å². The van der Waals surface area contributed by atoms with Gasteiger partial charge in [-0.1, -0.05) is 6.07 Å². The molecule has 2 heterocycles. The minimum atomic E-state index is 0.144. The van der Waals surface area contributed by atoms with E-state index in [9.17, 15) is 4.79 Å². The van der Waals surface area contributed by atoms with Crippen molar-refractivity contribution in [3.05, 3.63) is 30.1 Å². The molecular formula is C15H23N3O2. The average molecular weight is 277 g/mol. The summed E-state index contributed by atoms with van der Waals surface area (Å²) in [6.45, 7) is 6.53. The number of carbonyl (C=O) groups is 1. The largest absolute Gasteiger partial charge is 0.384 e. The molecule has 0 aromatic carbocycles. The third-order valence-electron chi connectivity index (χ3n) is 3.64. The van der Waals surface area contributed by atoms with Gasteiger partial charge in [0.15, 0.2) is 0 Å². The highest BCUT2D eigenvalue weighted by atomic mass is 16.5. The third-order valence-corrected chi connectivity index (χ3v) is 3.64. The van der Waals surface area contributed by atoms with Crippen molar-refractivity contribution in [3.8, 4) is 0 Å². The van der Waals surface area contributed by atoms with E-state index in [1.807, 2.05) is 29.3 Å². The Morgan fingerprint density at radius 2 is 2.25 bits per heavy atom. The Morgan fingerprint density at radius 1 is 1.40 bits per heavy atom. The van der Waals surface area contributed by atoms with Gasteiger partial charge in [0.05, 0.1) is 12.3 Å². The molecule has 1 aliphatic heterocycles. The summed E-state index contributed by atoms with van der Waals surface area (Å²) in [5.41, 5.74) is 1.07. The van der Waals surface area contributed by atoms with E-state index in [4.69, 9.17) is 4.74 Å². The minimum Gasteiger partial charge on any atom is -0.384 e. The molecule has 5 heteroatoms. The summed E-state index contributed by atoms with van der Waals surface area (Å²) < 4.78 is 5.28. The van der Waals surface area contributed by atoms with Crippen LogP contribution in [0.1, 0.15) is 12.6 Å². The lowest BCUT2D eigenvalue weighted by molar-refractivity contribution is -0.129. The van der Waals surface area contributed by atoms with Gasteiger partial charge in [0.2, 0.25) is 5.91 Å². The summed E-state index contributed by atoms with van der Waals surface area (Å²) in [7, 11) is 1.71. The van der Waals surface area contributed by atoms with Crippen molar-refractivity contribution in [2.75, 3.05) is 39.9 Å². The van der Waals surface area contributed by atoms with Crippen LogP contribution in [0.5, 0.6) is 0 Å². The van der Waals surface area contributed by atoms with Gasteiger partial charge in [-0.25, -0.2) is 0 Å². The van der Waals surface area contributed by atoms with Crippen LogP contribution in [0, 0.1) is 5.92 Å². The lowest BCUT2D eigenvalue weighted by Crippen LogP contribution is -2.35. The predicted molar refractivity (Wildman–Crippen MR) is 77.1 cm³/mol. The molecule has 2 rings (SSSR count). The zero-order valence-corrected chi connectivity index (χ0v) is 12.3. The fourth-order valence-corrected chi connectivity index (χ4v) is 2.67. The number of amides is 1. The van der Waals surface area contributed by atoms with Crippen molar-refractivity contribution in [2.24, 2.45) is 5.92 Å². The average Bonchev–Trinajstić information content (AvgIpc) is 2.63. The summed E-state index contributed by atoms with van der Waals surface area (Å²) >= 11 is 0. The molecule has 0 aliphatic carbocycles. The number of ether oxygens (including phenoxy) is 1. The maximum atomic E-state index is 11.6. The number of rotatable bonds is 4. The van der Waals surface area contributed by atoms with Crippen LogP contribution in [0.25, 0.3) is 0 Å². The van der Waals surface area contributed by atoms with E-state index in [1.165, 1.54) is 0 Å². The second-order valence-corrected chi connectivity index (χ2v) is 5.34. The Hall–Kier alpha value is -1.46. The van der Waals surface area contributed by atoms with Crippen molar-refractivity contribution >= 4 is 5.91 Å². The fourth-order valence-electron chi connectivity index (χ4n) is 2.67. The molecule has 1 unspecified atom stereocenters. The molecule has 1 aromatic rings. The summed E-state index contributed by atoms with van der Waals surface area (Å²) in [5, 5.41) is 0. The number of aromatic nitrogens is 1. The number of methoxy groups -OCH3 is 1. The summed E-state index contributed by atoms with van der Waals surface area (Å²) in [6.07, 6.45) is 1.82. The van der Waals surface area contributed by atoms with E-state index in [0.29, 0.717) is 12.5 Å². The second kappa shape index (κ2) is 7.36. The first-order chi connectivity index (χ1) is 9.69. The van der Waals surface area contributed by atoms with Gasteiger partial charge >= 0.3 is 0 Å². The summed E-state index contributed by atoms with van der Waals surface area (Å²) in [5.74, 6) is 0.501. The Kier molecular flexibility index (Phi) is 5.49. The normalized spacial score (nSPS) is 20.7. The van der Waals surface area contributed by atoms with Crippen molar-refractivity contribution in [2.45, 2.75) is 13.5 Å². The van der Waals surface area contributed by atoms with Crippen molar-refractivity contribution in [1.29, 1.82) is 0 Å². The van der Waals surface area contributed by atoms with Crippen LogP contribution in [-0.4, -0.2) is 60.6 Å². The Balaban J connectivity index is 2.00. The molecule has 1 fully saturated rings. The Bertz CT molecular complexity index is 424. The fraction of sp³-hybridized carbons (Fsp3) is 0.600. The van der Waals surface area contributed by atoms with Crippen LogP contribution in [0.2, 0.25) is 0 Å². The standard InChI is InChI=1S/C15H23N3O2/c1-13(19)18-8-7-17(9-14(10-18)12-20-2)11-15-5-3-4-6-16-15/h3-6,14H,7-12H2,1-2H3. The van der Waals surface area contributed by atoms with Crippen LogP contribution < -0.4 is 0 Å². The molecule has 1 atom stereocenters. The molecular weight excluding hydrogens is 254 g/mol. The quantitative estimate of drug-likeness (QED) is 0.824. The van der Waals surface area contributed by atoms with Gasteiger partial charge in [0, 0.05) is 58.9 Å². The molecule has 1 aliphatic rings. The van der Waals surface area contributed by atoms with E-state index < -0.39 is 0 Å². The number of hydrogen-bond acceptors (Lipinski definition) is 4. The van der Waals surface area contributed by atoms with E-state index in [1.54, 1.807) is 14.0 Å². The van der Waals surface area contributed by atoms with Gasteiger partial charge in [0.1, 0.15) is 0 Å². The van der Waals surface area contributed by atoms with Crippen molar-refractivity contribution < 1.29 is 9.53 Å². The zero-order valence-electron chi connectivity index (χ0n) is 12.3. The summed E-state index contributed by atoms with van der Waals surface area (Å²) in [6, 6.07) is 5.98. The van der Waals surface area contributed by atoms with Gasteiger partial charge in [0.25, 0.3) is 0 Å². The first-order valence-electron chi connectivity index (χ1n) is 7.05. The monoisotopic (exact) mass is 277 g/mol.